The third kappa shape index (κ3) is 12.8. The highest BCUT2D eigenvalue weighted by atomic mass is 16.1. The van der Waals surface area contributed by atoms with Gasteiger partial charge in [-0.2, -0.15) is 0 Å². The van der Waals surface area contributed by atoms with E-state index in [0.29, 0.717) is 12.3 Å². The summed E-state index contributed by atoms with van der Waals surface area (Å²) in [5.41, 5.74) is 5.55. The van der Waals surface area contributed by atoms with E-state index in [0.717, 1.165) is 12.7 Å². The normalized spacial score (nSPS) is 11.8. The van der Waals surface area contributed by atoms with Crippen molar-refractivity contribution in [1.82, 2.24) is 0 Å². The van der Waals surface area contributed by atoms with Crippen molar-refractivity contribution in [3.63, 3.8) is 0 Å². The maximum absolute atomic E-state index is 9.92. The summed E-state index contributed by atoms with van der Waals surface area (Å²) < 4.78 is 0. The van der Waals surface area contributed by atoms with Crippen LogP contribution in [-0.2, 0) is 4.79 Å². The van der Waals surface area contributed by atoms with Crippen molar-refractivity contribution >= 4 is 6.29 Å². The quantitative estimate of drug-likeness (QED) is 0.642. The molecule has 0 saturated carbocycles. The lowest BCUT2D eigenvalue weighted by Crippen LogP contribution is -2.22. The van der Waals surface area contributed by atoms with Gasteiger partial charge >= 0.3 is 0 Å². The molecule has 0 bridgehead atoms. The smallest absolute Gasteiger partial charge is 0.121 e. The topological polar surface area (TPSA) is 43.1 Å². The summed E-state index contributed by atoms with van der Waals surface area (Å²) in [5.74, 6) is 0.597. The number of nitrogens with two attached hydrogens (primary N) is 1. The van der Waals surface area contributed by atoms with Gasteiger partial charge in [0.25, 0.3) is 0 Å². The second-order valence-corrected chi connectivity index (χ2v) is 2.79. The average molecular weight is 161 g/mol. The Morgan fingerprint density at radius 3 is 2.18 bits per heavy atom. The van der Waals surface area contributed by atoms with Crippen LogP contribution in [0.2, 0.25) is 0 Å². The van der Waals surface area contributed by atoms with E-state index in [-0.39, 0.29) is 7.47 Å². The molecule has 0 amide bonds. The van der Waals surface area contributed by atoms with Crippen molar-refractivity contribution in [2.24, 2.45) is 11.7 Å². The number of carbonyl (C=O) groups is 1. The lowest BCUT2D eigenvalue weighted by molar-refractivity contribution is -0.108. The molecule has 0 aromatic heterocycles. The Balaban J connectivity index is -0.000000249. The van der Waals surface area contributed by atoms with Gasteiger partial charge in [0.05, 0.1) is 0 Å². The summed E-state index contributed by atoms with van der Waals surface area (Å²) in [6.45, 7) is 8.20. The van der Waals surface area contributed by atoms with Gasteiger partial charge in [-0.05, 0) is 12.3 Å². The predicted octanol–water partition coefficient (Wildman–Crippen LogP) is 2.22. The lowest BCUT2D eigenvalue weighted by Gasteiger charge is -2.09. The zero-order valence-corrected chi connectivity index (χ0v) is 8.13. The molecule has 0 radical (unpaired) electrons. The van der Waals surface area contributed by atoms with Gasteiger partial charge < -0.3 is 10.5 Å². The second-order valence-electron chi connectivity index (χ2n) is 2.79. The summed E-state index contributed by atoms with van der Waals surface area (Å²) in [5, 5.41) is 0. The zero-order chi connectivity index (χ0) is 9.28. The van der Waals surface area contributed by atoms with Crippen LogP contribution < -0.4 is 5.73 Å². The Kier molecular flexibility index (Phi) is 11.6. The number of aldehydes is 1. The standard InChI is InChI=1S/C7H15NO.C2H6.H2/c1-6(2)5-7(8)3-4-9;1-2;/h4,6-7H,3,5,8H2,1-2H3;1-2H3;1H. The van der Waals surface area contributed by atoms with Crippen molar-refractivity contribution in [3.05, 3.63) is 0 Å². The predicted molar refractivity (Wildman–Crippen MR) is 51.6 cm³/mol. The fourth-order valence-corrected chi connectivity index (χ4v) is 0.825. The fraction of sp³-hybridized carbons (Fsp3) is 0.889. The van der Waals surface area contributed by atoms with Crippen molar-refractivity contribution in [1.29, 1.82) is 0 Å². The van der Waals surface area contributed by atoms with E-state index in [4.69, 9.17) is 5.73 Å². The molecule has 2 nitrogen and oxygen atoms in total. The molecule has 2 N–H and O–H groups in total. The van der Waals surface area contributed by atoms with E-state index in [1.165, 1.54) is 0 Å². The molecule has 0 fully saturated rings. The van der Waals surface area contributed by atoms with Gasteiger partial charge in [0.2, 0.25) is 0 Å². The minimum Gasteiger partial charge on any atom is -0.327 e. The first-order valence-corrected chi connectivity index (χ1v) is 4.36. The molecule has 1 atom stereocenters. The van der Waals surface area contributed by atoms with Gasteiger partial charge in [-0.25, -0.2) is 0 Å². The summed E-state index contributed by atoms with van der Waals surface area (Å²) in [6, 6.07) is 0.0718. The van der Waals surface area contributed by atoms with Crippen LogP contribution in [0, 0.1) is 5.92 Å². The molecule has 0 saturated heterocycles. The Labute approximate surface area is 71.7 Å². The maximum Gasteiger partial charge on any atom is 0.121 e. The SMILES string of the molecule is CC.CC(C)CC(N)CC=O.[HH]. The molecule has 0 spiro atoms. The van der Waals surface area contributed by atoms with Gasteiger partial charge in [-0.1, -0.05) is 27.7 Å². The van der Waals surface area contributed by atoms with Gasteiger partial charge in [0.1, 0.15) is 6.29 Å². The molecule has 0 heterocycles. The molecule has 70 valence electrons. The van der Waals surface area contributed by atoms with E-state index in [1.54, 1.807) is 0 Å². The van der Waals surface area contributed by atoms with Crippen molar-refractivity contribution in [2.45, 2.75) is 46.6 Å². The molecule has 0 aliphatic rings. The van der Waals surface area contributed by atoms with Crippen LogP contribution in [0.4, 0.5) is 0 Å². The van der Waals surface area contributed by atoms with Crippen molar-refractivity contribution < 1.29 is 6.22 Å². The number of hydrogen-bond acceptors (Lipinski definition) is 2. The first-order valence-electron chi connectivity index (χ1n) is 4.36. The van der Waals surface area contributed by atoms with Gasteiger partial charge in [-0.3, -0.25) is 0 Å². The maximum atomic E-state index is 9.92. The lowest BCUT2D eigenvalue weighted by atomic mass is 10.0. The van der Waals surface area contributed by atoms with Crippen LogP contribution in [0.3, 0.4) is 0 Å². The molecule has 0 rings (SSSR count). The molecule has 0 aliphatic heterocycles. The summed E-state index contributed by atoms with van der Waals surface area (Å²) >= 11 is 0. The Morgan fingerprint density at radius 1 is 1.45 bits per heavy atom. The van der Waals surface area contributed by atoms with Gasteiger partial charge in [0, 0.05) is 13.9 Å². The van der Waals surface area contributed by atoms with Crippen molar-refractivity contribution in [3.8, 4) is 0 Å². The van der Waals surface area contributed by atoms with E-state index < -0.39 is 0 Å². The molecular formula is C9H23NO. The number of hydrogen-bond donors (Lipinski definition) is 1. The van der Waals surface area contributed by atoms with E-state index >= 15 is 0 Å². The summed E-state index contributed by atoms with van der Waals surface area (Å²) in [7, 11) is 0. The average Bonchev–Trinajstić information content (AvgIpc) is 1.91. The first kappa shape index (κ1) is 13.2. The summed E-state index contributed by atoms with van der Waals surface area (Å²) in [6.07, 6.45) is 2.32. The minimum atomic E-state index is 0. The summed E-state index contributed by atoms with van der Waals surface area (Å²) in [4.78, 5) is 9.92. The minimum absolute atomic E-state index is 0. The van der Waals surface area contributed by atoms with Crippen LogP contribution in [0.15, 0.2) is 0 Å². The highest BCUT2D eigenvalue weighted by Gasteiger charge is 2.02. The molecule has 1 unspecified atom stereocenters. The highest BCUT2D eigenvalue weighted by molar-refractivity contribution is 5.50. The fourth-order valence-electron chi connectivity index (χ4n) is 0.825. The van der Waals surface area contributed by atoms with E-state index in [2.05, 4.69) is 13.8 Å². The van der Waals surface area contributed by atoms with Crippen LogP contribution in [0.5, 0.6) is 0 Å². The van der Waals surface area contributed by atoms with Crippen LogP contribution in [0.1, 0.15) is 42.0 Å². The molecule has 11 heavy (non-hydrogen) atoms. The number of carbonyl (C=O) groups excluding carboxylic acids is 1. The van der Waals surface area contributed by atoms with E-state index in [1.807, 2.05) is 13.8 Å². The molecular weight excluding hydrogens is 138 g/mol. The van der Waals surface area contributed by atoms with Crippen LogP contribution >= 0.6 is 0 Å². The molecule has 0 aromatic rings. The third-order valence-corrected chi connectivity index (χ3v) is 1.17. The van der Waals surface area contributed by atoms with Crippen LogP contribution in [0.25, 0.3) is 0 Å². The molecule has 0 aromatic carbocycles. The Bertz CT molecular complexity index is 86.6. The first-order chi connectivity index (χ1) is 5.16. The Hall–Kier alpha value is -0.370. The zero-order valence-electron chi connectivity index (χ0n) is 8.13. The van der Waals surface area contributed by atoms with Crippen molar-refractivity contribution in [2.75, 3.05) is 0 Å². The monoisotopic (exact) mass is 161 g/mol. The second kappa shape index (κ2) is 9.63. The van der Waals surface area contributed by atoms with Gasteiger partial charge in [-0.15, -0.1) is 0 Å². The molecule has 0 aliphatic carbocycles. The number of rotatable bonds is 4. The van der Waals surface area contributed by atoms with E-state index in [9.17, 15) is 4.79 Å². The third-order valence-electron chi connectivity index (χ3n) is 1.17. The largest absolute Gasteiger partial charge is 0.327 e. The van der Waals surface area contributed by atoms with Gasteiger partial charge in [0.15, 0.2) is 0 Å². The van der Waals surface area contributed by atoms with Crippen LogP contribution in [-0.4, -0.2) is 12.3 Å². The Morgan fingerprint density at radius 2 is 1.91 bits per heavy atom. The molecule has 2 heteroatoms. The highest BCUT2D eigenvalue weighted by Crippen LogP contribution is 2.03.